The fourth-order valence-corrected chi connectivity index (χ4v) is 2.64. The van der Waals surface area contributed by atoms with Crippen molar-refractivity contribution in [2.45, 2.75) is 37.5 Å². The van der Waals surface area contributed by atoms with E-state index < -0.39 is 6.04 Å². The van der Waals surface area contributed by atoms with Gasteiger partial charge in [0.15, 0.2) is 0 Å². The number of fused-ring (bicyclic) bond motifs is 1. The molecule has 0 aliphatic heterocycles. The highest BCUT2D eigenvalue weighted by atomic mass is 16.3. The second kappa shape index (κ2) is 5.26. The summed E-state index contributed by atoms with van der Waals surface area (Å²) in [5, 5.41) is 13.2. The number of nitrogens with one attached hydrogen (secondary N) is 2. The molecule has 1 aliphatic carbocycles. The lowest BCUT2D eigenvalue weighted by molar-refractivity contribution is -0.124. The Bertz CT molecular complexity index is 616. The minimum absolute atomic E-state index is 0.0755. The van der Waals surface area contributed by atoms with Crippen LogP contribution in [0.4, 0.5) is 0 Å². The zero-order valence-electron chi connectivity index (χ0n) is 11.2. The Kier molecular flexibility index (Phi) is 3.46. The summed E-state index contributed by atoms with van der Waals surface area (Å²) in [7, 11) is 0. The fraction of sp³-hybridized carbons (Fsp3) is 0.400. The molecule has 1 aliphatic rings. The molecule has 106 valence electrons. The zero-order valence-corrected chi connectivity index (χ0v) is 11.2. The number of aromatic nitrogens is 1. The Morgan fingerprint density at radius 2 is 2.20 bits per heavy atom. The van der Waals surface area contributed by atoms with Crippen LogP contribution >= 0.6 is 0 Å². The van der Waals surface area contributed by atoms with Crippen molar-refractivity contribution in [3.05, 3.63) is 36.0 Å². The third kappa shape index (κ3) is 2.55. The smallest absolute Gasteiger partial charge is 0.237 e. The van der Waals surface area contributed by atoms with E-state index in [0.29, 0.717) is 19.3 Å². The van der Waals surface area contributed by atoms with Gasteiger partial charge in [0.25, 0.3) is 0 Å². The van der Waals surface area contributed by atoms with Crippen molar-refractivity contribution in [2.24, 2.45) is 5.73 Å². The van der Waals surface area contributed by atoms with Gasteiger partial charge in [-0.3, -0.25) is 4.79 Å². The van der Waals surface area contributed by atoms with Crippen LogP contribution in [0.2, 0.25) is 0 Å². The lowest BCUT2D eigenvalue weighted by Gasteiger charge is -2.32. The van der Waals surface area contributed by atoms with Gasteiger partial charge in [0.1, 0.15) is 0 Å². The molecule has 1 aromatic heterocycles. The molecule has 0 spiro atoms. The summed E-state index contributed by atoms with van der Waals surface area (Å²) in [6.07, 6.45) is 3.40. The monoisotopic (exact) mass is 273 g/mol. The van der Waals surface area contributed by atoms with Crippen LogP contribution in [0.3, 0.4) is 0 Å². The fourth-order valence-electron chi connectivity index (χ4n) is 2.64. The standard InChI is InChI=1S/C15H19N3O2/c16-13(15(20)18-10-6-11(19)7-10)5-9-8-17-14-4-2-1-3-12(9)14/h1-4,8,10-11,13,17,19H,5-7,16H2,(H,18,20)/t10?,11?,13-/m0/s1. The predicted molar refractivity (Wildman–Crippen MR) is 77.1 cm³/mol. The maximum absolute atomic E-state index is 12.0. The molecular weight excluding hydrogens is 254 g/mol. The summed E-state index contributed by atoms with van der Waals surface area (Å²) in [4.78, 5) is 15.2. The van der Waals surface area contributed by atoms with Gasteiger partial charge < -0.3 is 21.1 Å². The summed E-state index contributed by atoms with van der Waals surface area (Å²) in [5.41, 5.74) is 8.08. The highest BCUT2D eigenvalue weighted by Crippen LogP contribution is 2.21. The van der Waals surface area contributed by atoms with Gasteiger partial charge >= 0.3 is 0 Å². The largest absolute Gasteiger partial charge is 0.393 e. The predicted octanol–water partition coefficient (Wildman–Crippen LogP) is 0.677. The Balaban J connectivity index is 1.63. The Morgan fingerprint density at radius 3 is 2.95 bits per heavy atom. The van der Waals surface area contributed by atoms with E-state index in [1.807, 2.05) is 30.5 Å². The second-order valence-electron chi connectivity index (χ2n) is 5.50. The molecule has 5 heteroatoms. The Labute approximate surface area is 117 Å². The molecule has 0 radical (unpaired) electrons. The first-order chi connectivity index (χ1) is 9.63. The quantitative estimate of drug-likeness (QED) is 0.660. The summed E-state index contributed by atoms with van der Waals surface area (Å²) in [6, 6.07) is 7.48. The number of amides is 1. The van der Waals surface area contributed by atoms with Crippen LogP contribution in [-0.2, 0) is 11.2 Å². The summed E-state index contributed by atoms with van der Waals surface area (Å²) < 4.78 is 0. The number of benzene rings is 1. The number of H-pyrrole nitrogens is 1. The van der Waals surface area contributed by atoms with Crippen molar-refractivity contribution < 1.29 is 9.90 Å². The average Bonchev–Trinajstić information content (AvgIpc) is 2.80. The van der Waals surface area contributed by atoms with E-state index in [4.69, 9.17) is 5.73 Å². The van der Waals surface area contributed by atoms with E-state index in [0.717, 1.165) is 16.5 Å². The second-order valence-corrected chi connectivity index (χ2v) is 5.50. The van der Waals surface area contributed by atoms with Crippen molar-refractivity contribution >= 4 is 16.8 Å². The normalized spacial score (nSPS) is 23.3. The zero-order chi connectivity index (χ0) is 14.1. The number of hydrogen-bond acceptors (Lipinski definition) is 3. The first-order valence-electron chi connectivity index (χ1n) is 6.92. The number of aromatic amines is 1. The number of carbonyl (C=O) groups excluding carboxylic acids is 1. The Hall–Kier alpha value is -1.85. The number of hydrogen-bond donors (Lipinski definition) is 4. The molecule has 3 rings (SSSR count). The maximum atomic E-state index is 12.0. The summed E-state index contributed by atoms with van der Waals surface area (Å²) >= 11 is 0. The lowest BCUT2D eigenvalue weighted by atomic mass is 9.89. The third-order valence-corrected chi connectivity index (χ3v) is 3.91. The van der Waals surface area contributed by atoms with Crippen molar-refractivity contribution in [3.8, 4) is 0 Å². The van der Waals surface area contributed by atoms with Gasteiger partial charge in [-0.25, -0.2) is 0 Å². The molecule has 0 unspecified atom stereocenters. The molecule has 0 saturated heterocycles. The van der Waals surface area contributed by atoms with Gasteiger partial charge in [0.05, 0.1) is 12.1 Å². The minimum Gasteiger partial charge on any atom is -0.393 e. The van der Waals surface area contributed by atoms with E-state index in [2.05, 4.69) is 10.3 Å². The first kappa shape index (κ1) is 13.1. The molecule has 20 heavy (non-hydrogen) atoms. The molecule has 1 atom stereocenters. The number of carbonyl (C=O) groups is 1. The number of nitrogens with two attached hydrogens (primary N) is 1. The molecule has 5 nitrogen and oxygen atoms in total. The number of rotatable bonds is 4. The van der Waals surface area contributed by atoms with E-state index in [1.54, 1.807) is 0 Å². The molecule has 5 N–H and O–H groups in total. The van der Waals surface area contributed by atoms with E-state index in [-0.39, 0.29) is 18.1 Å². The van der Waals surface area contributed by atoms with Crippen LogP contribution in [-0.4, -0.2) is 34.2 Å². The van der Waals surface area contributed by atoms with Gasteiger partial charge in [0.2, 0.25) is 5.91 Å². The van der Waals surface area contributed by atoms with Crippen molar-refractivity contribution in [2.75, 3.05) is 0 Å². The van der Waals surface area contributed by atoms with E-state index in [1.165, 1.54) is 0 Å². The third-order valence-electron chi connectivity index (χ3n) is 3.91. The lowest BCUT2D eigenvalue weighted by Crippen LogP contribution is -2.52. The van der Waals surface area contributed by atoms with E-state index in [9.17, 15) is 9.90 Å². The van der Waals surface area contributed by atoms with Crippen molar-refractivity contribution in [3.63, 3.8) is 0 Å². The number of aliphatic hydroxyl groups excluding tert-OH is 1. The van der Waals surface area contributed by atoms with Crippen LogP contribution in [0.25, 0.3) is 10.9 Å². The highest BCUT2D eigenvalue weighted by molar-refractivity contribution is 5.86. The maximum Gasteiger partial charge on any atom is 0.237 e. The average molecular weight is 273 g/mol. The van der Waals surface area contributed by atoms with Crippen LogP contribution in [0.15, 0.2) is 30.5 Å². The topological polar surface area (TPSA) is 91.1 Å². The first-order valence-corrected chi connectivity index (χ1v) is 6.92. The molecule has 1 saturated carbocycles. The SMILES string of the molecule is N[C@@H](Cc1c[nH]c2ccccc12)C(=O)NC1CC(O)C1. The van der Waals surface area contributed by atoms with Gasteiger partial charge in [-0.15, -0.1) is 0 Å². The van der Waals surface area contributed by atoms with E-state index >= 15 is 0 Å². The molecule has 1 aromatic carbocycles. The number of para-hydroxylation sites is 1. The van der Waals surface area contributed by atoms with Crippen molar-refractivity contribution in [1.29, 1.82) is 0 Å². The van der Waals surface area contributed by atoms with Crippen LogP contribution < -0.4 is 11.1 Å². The van der Waals surface area contributed by atoms with Crippen LogP contribution in [0.5, 0.6) is 0 Å². The number of aliphatic hydroxyl groups is 1. The Morgan fingerprint density at radius 1 is 1.45 bits per heavy atom. The van der Waals surface area contributed by atoms with Gasteiger partial charge in [0, 0.05) is 23.1 Å². The molecule has 1 amide bonds. The summed E-state index contributed by atoms with van der Waals surface area (Å²) in [6.45, 7) is 0. The molecule has 1 heterocycles. The van der Waals surface area contributed by atoms with Crippen LogP contribution in [0.1, 0.15) is 18.4 Å². The minimum atomic E-state index is -0.563. The van der Waals surface area contributed by atoms with Gasteiger partial charge in [-0.2, -0.15) is 0 Å². The molecule has 2 aromatic rings. The van der Waals surface area contributed by atoms with Crippen LogP contribution in [0, 0.1) is 0 Å². The van der Waals surface area contributed by atoms with Crippen molar-refractivity contribution in [1.82, 2.24) is 10.3 Å². The highest BCUT2D eigenvalue weighted by Gasteiger charge is 2.29. The molecule has 0 bridgehead atoms. The van der Waals surface area contributed by atoms with Gasteiger partial charge in [-0.1, -0.05) is 18.2 Å². The summed E-state index contributed by atoms with van der Waals surface area (Å²) in [5.74, 6) is -0.146. The van der Waals surface area contributed by atoms with Gasteiger partial charge in [-0.05, 0) is 30.9 Å². The molecular formula is C15H19N3O2. The molecule has 1 fully saturated rings.